The summed E-state index contributed by atoms with van der Waals surface area (Å²) in [6.45, 7) is 2.00. The molecule has 0 saturated carbocycles. The predicted octanol–water partition coefficient (Wildman–Crippen LogP) is 2.30. The van der Waals surface area contributed by atoms with Gasteiger partial charge in [-0.25, -0.2) is 0 Å². The molecule has 1 aliphatic rings. The highest BCUT2D eigenvalue weighted by molar-refractivity contribution is 6.05. The first-order valence-electron chi connectivity index (χ1n) is 4.06. The zero-order valence-corrected chi connectivity index (χ0v) is 6.95. The summed E-state index contributed by atoms with van der Waals surface area (Å²) in [4.78, 5) is 11.2. The van der Waals surface area contributed by atoms with Gasteiger partial charge in [-0.05, 0) is 18.6 Å². The Balaban J connectivity index is 2.35. The molecule has 0 radical (unpaired) electrons. The number of benzene rings is 1. The highest BCUT2D eigenvalue weighted by Crippen LogP contribution is 2.32. The van der Waals surface area contributed by atoms with Crippen LogP contribution in [0.5, 0.6) is 0 Å². The molecule has 1 atom stereocenters. The molecule has 1 nitrogen and oxygen atoms in total. The Morgan fingerprint density at radius 3 is 2.33 bits per heavy atom. The van der Waals surface area contributed by atoms with Gasteiger partial charge in [-0.1, -0.05) is 35.9 Å². The van der Waals surface area contributed by atoms with Gasteiger partial charge < -0.3 is 0 Å². The Bertz CT molecular complexity index is 335. The molecular weight excluding hydrogens is 148 g/mol. The van der Waals surface area contributed by atoms with Gasteiger partial charge in [0.2, 0.25) is 0 Å². The fraction of sp³-hybridized carbons (Fsp3) is 0.182. The van der Waals surface area contributed by atoms with E-state index in [9.17, 15) is 4.79 Å². The van der Waals surface area contributed by atoms with Crippen molar-refractivity contribution in [1.82, 2.24) is 0 Å². The molecule has 1 unspecified atom stereocenters. The number of ketones is 1. The second-order valence-electron chi connectivity index (χ2n) is 3.13. The largest absolute Gasteiger partial charge is 0.294 e. The molecule has 60 valence electrons. The zero-order valence-electron chi connectivity index (χ0n) is 6.95. The van der Waals surface area contributed by atoms with Gasteiger partial charge in [-0.2, -0.15) is 0 Å². The van der Waals surface area contributed by atoms with Crippen LogP contribution in [0.4, 0.5) is 0 Å². The minimum Gasteiger partial charge on any atom is -0.294 e. The standard InChI is InChI=1S/C11H10O/c1-8-7-10(12)11(8)9-5-3-2-4-6-9/h2-7,11H,1H3. The van der Waals surface area contributed by atoms with Crippen molar-refractivity contribution in [2.75, 3.05) is 0 Å². The normalized spacial score (nSPS) is 21.6. The molecule has 1 aliphatic carbocycles. The van der Waals surface area contributed by atoms with E-state index in [1.807, 2.05) is 37.3 Å². The van der Waals surface area contributed by atoms with E-state index < -0.39 is 0 Å². The van der Waals surface area contributed by atoms with Gasteiger partial charge in [0.25, 0.3) is 0 Å². The number of rotatable bonds is 1. The Morgan fingerprint density at radius 2 is 1.83 bits per heavy atom. The van der Waals surface area contributed by atoms with Gasteiger partial charge in [0.15, 0.2) is 5.78 Å². The molecule has 0 saturated heterocycles. The molecule has 0 N–H and O–H groups in total. The molecule has 2 rings (SSSR count). The number of allylic oxidation sites excluding steroid dienone is 2. The first-order chi connectivity index (χ1) is 5.79. The third kappa shape index (κ3) is 0.981. The van der Waals surface area contributed by atoms with Crippen molar-refractivity contribution in [3.63, 3.8) is 0 Å². The molecule has 0 bridgehead atoms. The summed E-state index contributed by atoms with van der Waals surface area (Å²) < 4.78 is 0. The van der Waals surface area contributed by atoms with Crippen LogP contribution in [0, 0.1) is 0 Å². The molecule has 1 aromatic carbocycles. The van der Waals surface area contributed by atoms with Crippen molar-refractivity contribution >= 4 is 5.78 Å². The van der Waals surface area contributed by atoms with Crippen LogP contribution in [0.3, 0.4) is 0 Å². The van der Waals surface area contributed by atoms with E-state index in [0.717, 1.165) is 5.56 Å². The lowest BCUT2D eigenvalue weighted by Gasteiger charge is -2.22. The van der Waals surface area contributed by atoms with E-state index in [-0.39, 0.29) is 11.7 Å². The highest BCUT2D eigenvalue weighted by Gasteiger charge is 2.28. The van der Waals surface area contributed by atoms with E-state index in [2.05, 4.69) is 0 Å². The van der Waals surface area contributed by atoms with E-state index >= 15 is 0 Å². The molecule has 0 aliphatic heterocycles. The monoisotopic (exact) mass is 158 g/mol. The van der Waals surface area contributed by atoms with Crippen LogP contribution in [0.2, 0.25) is 0 Å². The lowest BCUT2D eigenvalue weighted by atomic mass is 9.79. The third-order valence-electron chi connectivity index (χ3n) is 2.24. The van der Waals surface area contributed by atoms with Gasteiger partial charge >= 0.3 is 0 Å². The van der Waals surface area contributed by atoms with E-state index in [0.29, 0.717) is 0 Å². The third-order valence-corrected chi connectivity index (χ3v) is 2.24. The molecule has 12 heavy (non-hydrogen) atoms. The van der Waals surface area contributed by atoms with Crippen molar-refractivity contribution in [2.24, 2.45) is 0 Å². The second kappa shape index (κ2) is 2.59. The van der Waals surface area contributed by atoms with Crippen molar-refractivity contribution in [1.29, 1.82) is 0 Å². The van der Waals surface area contributed by atoms with Crippen LogP contribution in [0.15, 0.2) is 42.0 Å². The summed E-state index contributed by atoms with van der Waals surface area (Å²) in [7, 11) is 0. The van der Waals surface area contributed by atoms with Gasteiger partial charge in [-0.3, -0.25) is 4.79 Å². The highest BCUT2D eigenvalue weighted by atomic mass is 16.1. The van der Waals surface area contributed by atoms with Crippen LogP contribution >= 0.6 is 0 Å². The average molecular weight is 158 g/mol. The Kier molecular flexibility index (Phi) is 1.58. The lowest BCUT2D eigenvalue weighted by molar-refractivity contribution is -0.116. The maximum atomic E-state index is 11.2. The van der Waals surface area contributed by atoms with Crippen LogP contribution < -0.4 is 0 Å². The quantitative estimate of drug-likeness (QED) is 0.613. The van der Waals surface area contributed by atoms with Gasteiger partial charge in [0.1, 0.15) is 0 Å². The van der Waals surface area contributed by atoms with Crippen LogP contribution in [-0.4, -0.2) is 5.78 Å². The first kappa shape index (κ1) is 7.29. The van der Waals surface area contributed by atoms with E-state index in [1.165, 1.54) is 5.57 Å². The maximum absolute atomic E-state index is 11.2. The fourth-order valence-electron chi connectivity index (χ4n) is 1.59. The first-order valence-corrected chi connectivity index (χ1v) is 4.06. The Morgan fingerprint density at radius 1 is 1.17 bits per heavy atom. The molecular formula is C11H10O. The minimum absolute atomic E-state index is 0.0474. The lowest BCUT2D eigenvalue weighted by Crippen LogP contribution is -2.20. The van der Waals surface area contributed by atoms with Gasteiger partial charge in [-0.15, -0.1) is 0 Å². The van der Waals surface area contributed by atoms with Crippen molar-refractivity contribution in [2.45, 2.75) is 12.8 Å². The van der Waals surface area contributed by atoms with E-state index in [4.69, 9.17) is 0 Å². The number of carbonyl (C=O) groups excluding carboxylic acids is 1. The Labute approximate surface area is 71.7 Å². The summed E-state index contributed by atoms with van der Waals surface area (Å²) in [5, 5.41) is 0. The van der Waals surface area contributed by atoms with Crippen molar-refractivity contribution in [3.8, 4) is 0 Å². The molecule has 0 fully saturated rings. The summed E-state index contributed by atoms with van der Waals surface area (Å²) in [5.41, 5.74) is 2.29. The fourth-order valence-corrected chi connectivity index (χ4v) is 1.59. The van der Waals surface area contributed by atoms with Crippen molar-refractivity contribution in [3.05, 3.63) is 47.5 Å². The second-order valence-corrected chi connectivity index (χ2v) is 3.13. The molecule has 1 heteroatoms. The minimum atomic E-state index is 0.0474. The van der Waals surface area contributed by atoms with Gasteiger partial charge in [0, 0.05) is 0 Å². The summed E-state index contributed by atoms with van der Waals surface area (Å²) in [6, 6.07) is 9.90. The molecule has 0 spiro atoms. The number of carbonyl (C=O) groups is 1. The Hall–Kier alpha value is -1.37. The summed E-state index contributed by atoms with van der Waals surface area (Å²) >= 11 is 0. The van der Waals surface area contributed by atoms with Crippen LogP contribution in [0.1, 0.15) is 18.4 Å². The average Bonchev–Trinajstić information content (AvgIpc) is 2.05. The SMILES string of the molecule is CC1=CC(=O)C1c1ccccc1. The molecule has 0 amide bonds. The number of hydrogen-bond donors (Lipinski definition) is 0. The summed E-state index contributed by atoms with van der Waals surface area (Å²) in [6.07, 6.45) is 1.71. The van der Waals surface area contributed by atoms with Crippen LogP contribution in [0.25, 0.3) is 0 Å². The topological polar surface area (TPSA) is 17.1 Å². The number of hydrogen-bond acceptors (Lipinski definition) is 1. The van der Waals surface area contributed by atoms with Crippen LogP contribution in [-0.2, 0) is 4.79 Å². The molecule has 0 aromatic heterocycles. The maximum Gasteiger partial charge on any atom is 0.167 e. The molecule has 1 aromatic rings. The van der Waals surface area contributed by atoms with E-state index in [1.54, 1.807) is 6.08 Å². The zero-order chi connectivity index (χ0) is 8.55. The smallest absolute Gasteiger partial charge is 0.167 e. The molecule has 0 heterocycles. The summed E-state index contributed by atoms with van der Waals surface area (Å²) in [5.74, 6) is 0.282. The van der Waals surface area contributed by atoms with Gasteiger partial charge in [0.05, 0.1) is 5.92 Å². The predicted molar refractivity (Wildman–Crippen MR) is 47.9 cm³/mol. The van der Waals surface area contributed by atoms with Crippen molar-refractivity contribution < 1.29 is 4.79 Å².